The minimum atomic E-state index is -5.04. The monoisotopic (exact) mass is 227 g/mol. The van der Waals surface area contributed by atoms with Crippen LogP contribution in [-0.4, -0.2) is 41.9 Å². The van der Waals surface area contributed by atoms with Crippen LogP contribution in [0.2, 0.25) is 0 Å². The van der Waals surface area contributed by atoms with Crippen molar-refractivity contribution in [2.45, 2.75) is 24.7 Å². The highest BCUT2D eigenvalue weighted by Gasteiger charge is 2.43. The maximum absolute atomic E-state index is 11.7. The number of nitrogens with one attached hydrogen (secondary N) is 1. The van der Waals surface area contributed by atoms with Crippen molar-refractivity contribution in [3.8, 4) is 0 Å². The smallest absolute Gasteiger partial charge is 0.480 e. The van der Waals surface area contributed by atoms with Crippen molar-refractivity contribution in [3.05, 3.63) is 0 Å². The molecule has 0 spiro atoms. The van der Waals surface area contributed by atoms with Gasteiger partial charge in [-0.1, -0.05) is 0 Å². The zero-order valence-electron chi connectivity index (χ0n) is 7.37. The van der Waals surface area contributed by atoms with Gasteiger partial charge in [0.1, 0.15) is 12.1 Å². The van der Waals surface area contributed by atoms with Crippen LogP contribution in [0, 0.1) is 0 Å². The van der Waals surface area contributed by atoms with E-state index < -0.39 is 30.3 Å². The second kappa shape index (κ2) is 4.05. The Morgan fingerprint density at radius 2 is 2.00 bits per heavy atom. The van der Waals surface area contributed by atoms with Gasteiger partial charge in [0.05, 0.1) is 0 Å². The molecule has 86 valence electrons. The van der Waals surface area contributed by atoms with Gasteiger partial charge in [-0.25, -0.2) is 4.79 Å². The molecule has 0 aromatic carbocycles. The van der Waals surface area contributed by atoms with Gasteiger partial charge in [0, 0.05) is 13.0 Å². The summed E-state index contributed by atoms with van der Waals surface area (Å²) in [6.45, 7) is -0.0845. The Labute approximate surface area is 82.2 Å². The number of halogens is 3. The molecule has 1 aliphatic rings. The Balaban J connectivity index is 2.43. The van der Waals surface area contributed by atoms with Gasteiger partial charge in [-0.3, -0.25) is 4.79 Å². The first-order valence-electron chi connectivity index (χ1n) is 4.04. The largest absolute Gasteiger partial charge is 0.490 e. The van der Waals surface area contributed by atoms with E-state index in [1.165, 1.54) is 0 Å². The number of esters is 1. The molecule has 2 atom stereocenters. The minimum Gasteiger partial charge on any atom is -0.480 e. The van der Waals surface area contributed by atoms with Gasteiger partial charge in [0.15, 0.2) is 0 Å². The van der Waals surface area contributed by atoms with Crippen molar-refractivity contribution in [1.82, 2.24) is 5.32 Å². The predicted octanol–water partition coefficient (Wildman–Crippen LogP) is -0.0930. The first-order valence-corrected chi connectivity index (χ1v) is 4.04. The maximum atomic E-state index is 11.7. The van der Waals surface area contributed by atoms with Crippen molar-refractivity contribution >= 4 is 11.9 Å². The van der Waals surface area contributed by atoms with Crippen LogP contribution in [0.15, 0.2) is 0 Å². The Morgan fingerprint density at radius 1 is 1.40 bits per heavy atom. The predicted molar refractivity (Wildman–Crippen MR) is 40.0 cm³/mol. The molecule has 0 unspecified atom stereocenters. The van der Waals surface area contributed by atoms with Gasteiger partial charge in [-0.05, 0) is 0 Å². The number of hydrogen-bond donors (Lipinski definition) is 2. The molecule has 1 heterocycles. The molecule has 1 rings (SSSR count). The fourth-order valence-corrected chi connectivity index (χ4v) is 1.20. The third kappa shape index (κ3) is 3.08. The summed E-state index contributed by atoms with van der Waals surface area (Å²) in [5.41, 5.74) is 0. The van der Waals surface area contributed by atoms with Crippen molar-refractivity contribution in [2.24, 2.45) is 0 Å². The highest BCUT2D eigenvalue weighted by atomic mass is 19.4. The average Bonchev–Trinajstić information content (AvgIpc) is 2.50. The Morgan fingerprint density at radius 3 is 2.40 bits per heavy atom. The van der Waals surface area contributed by atoms with Gasteiger partial charge in [-0.15, -0.1) is 0 Å². The van der Waals surface area contributed by atoms with Crippen LogP contribution < -0.4 is 5.32 Å². The number of carboxylic acid groups (broad SMARTS) is 1. The molecule has 0 bridgehead atoms. The zero-order valence-corrected chi connectivity index (χ0v) is 7.37. The number of carbonyl (C=O) groups is 2. The summed E-state index contributed by atoms with van der Waals surface area (Å²) < 4.78 is 39.3. The normalized spacial score (nSPS) is 26.3. The molecule has 1 aliphatic heterocycles. The molecule has 8 heteroatoms. The topological polar surface area (TPSA) is 75.6 Å². The summed E-state index contributed by atoms with van der Waals surface area (Å²) in [4.78, 5) is 20.8. The second-order valence-corrected chi connectivity index (χ2v) is 3.06. The van der Waals surface area contributed by atoms with E-state index in [9.17, 15) is 22.8 Å². The van der Waals surface area contributed by atoms with Crippen LogP contribution in [0.5, 0.6) is 0 Å². The second-order valence-electron chi connectivity index (χ2n) is 3.06. The number of alkyl halides is 3. The molecule has 0 radical (unpaired) electrons. The number of ether oxygens (including phenoxy) is 1. The molecule has 0 aromatic rings. The van der Waals surface area contributed by atoms with E-state index in [0.29, 0.717) is 0 Å². The van der Waals surface area contributed by atoms with Gasteiger partial charge in [0.25, 0.3) is 0 Å². The lowest BCUT2D eigenvalue weighted by Crippen LogP contribution is -2.31. The molecule has 0 aliphatic carbocycles. The van der Waals surface area contributed by atoms with E-state index in [-0.39, 0.29) is 13.0 Å². The number of hydrogen-bond acceptors (Lipinski definition) is 4. The third-order valence-corrected chi connectivity index (χ3v) is 1.89. The molecular formula is C7H8F3NO4. The van der Waals surface area contributed by atoms with Crippen molar-refractivity contribution in [2.75, 3.05) is 6.54 Å². The highest BCUT2D eigenvalue weighted by molar-refractivity contribution is 5.76. The van der Waals surface area contributed by atoms with E-state index in [0.717, 1.165) is 0 Å². The lowest BCUT2D eigenvalue weighted by atomic mass is 10.2. The number of carboxylic acids is 1. The molecule has 1 saturated heterocycles. The van der Waals surface area contributed by atoms with Crippen LogP contribution in [0.25, 0.3) is 0 Å². The summed E-state index contributed by atoms with van der Waals surface area (Å²) in [7, 11) is 0. The summed E-state index contributed by atoms with van der Waals surface area (Å²) in [6.07, 6.45) is -6.24. The molecule has 0 amide bonds. The van der Waals surface area contributed by atoms with Crippen LogP contribution in [0.4, 0.5) is 13.2 Å². The van der Waals surface area contributed by atoms with Gasteiger partial charge < -0.3 is 15.2 Å². The van der Waals surface area contributed by atoms with Gasteiger partial charge in [0.2, 0.25) is 0 Å². The standard InChI is InChI=1S/C7H8F3NO4/c8-7(9,10)6(14)15-3-1-4(5(12)13)11-2-3/h3-4,11H,1-2H2,(H,12,13)/t3-,4-/m0/s1. The first-order chi connectivity index (χ1) is 6.80. The van der Waals surface area contributed by atoms with Gasteiger partial charge in [-0.2, -0.15) is 13.2 Å². The molecular weight excluding hydrogens is 219 g/mol. The fourth-order valence-electron chi connectivity index (χ4n) is 1.20. The van der Waals surface area contributed by atoms with E-state index >= 15 is 0 Å². The molecule has 2 N–H and O–H groups in total. The molecule has 15 heavy (non-hydrogen) atoms. The van der Waals surface area contributed by atoms with Crippen molar-refractivity contribution in [1.29, 1.82) is 0 Å². The molecule has 1 fully saturated rings. The quantitative estimate of drug-likeness (QED) is 0.644. The molecule has 0 saturated carbocycles. The van der Waals surface area contributed by atoms with E-state index in [2.05, 4.69) is 10.1 Å². The fraction of sp³-hybridized carbons (Fsp3) is 0.714. The molecule has 5 nitrogen and oxygen atoms in total. The van der Waals surface area contributed by atoms with E-state index in [1.54, 1.807) is 0 Å². The zero-order chi connectivity index (χ0) is 11.6. The van der Waals surface area contributed by atoms with Crippen LogP contribution in [-0.2, 0) is 14.3 Å². The lowest BCUT2D eigenvalue weighted by Gasteiger charge is -2.12. The van der Waals surface area contributed by atoms with Crippen LogP contribution >= 0.6 is 0 Å². The minimum absolute atomic E-state index is 0.0845. The maximum Gasteiger partial charge on any atom is 0.490 e. The van der Waals surface area contributed by atoms with E-state index in [1.807, 2.05) is 0 Å². The summed E-state index contributed by atoms with van der Waals surface area (Å²) in [6, 6.07) is -0.962. The number of carbonyl (C=O) groups excluding carboxylic acids is 1. The Hall–Kier alpha value is -1.31. The van der Waals surface area contributed by atoms with Crippen molar-refractivity contribution < 1.29 is 32.6 Å². The Kier molecular flexibility index (Phi) is 3.18. The summed E-state index contributed by atoms with van der Waals surface area (Å²) in [5, 5.41) is 10.9. The first kappa shape index (κ1) is 11.8. The van der Waals surface area contributed by atoms with Crippen LogP contribution in [0.3, 0.4) is 0 Å². The van der Waals surface area contributed by atoms with Crippen LogP contribution in [0.1, 0.15) is 6.42 Å². The SMILES string of the molecule is O=C(O)[C@@H]1C[C@H](OC(=O)C(F)(F)F)CN1. The lowest BCUT2D eigenvalue weighted by molar-refractivity contribution is -0.204. The average molecular weight is 227 g/mol. The van der Waals surface area contributed by atoms with E-state index in [4.69, 9.17) is 5.11 Å². The third-order valence-electron chi connectivity index (χ3n) is 1.89. The van der Waals surface area contributed by atoms with Crippen molar-refractivity contribution in [3.63, 3.8) is 0 Å². The number of rotatable bonds is 2. The number of aliphatic carboxylic acids is 1. The summed E-state index contributed by atoms with van der Waals surface area (Å²) >= 11 is 0. The van der Waals surface area contributed by atoms with Gasteiger partial charge >= 0.3 is 18.1 Å². The summed E-state index contributed by atoms with van der Waals surface area (Å²) in [5.74, 6) is -3.47. The Bertz CT molecular complexity index is 278. The molecule has 0 aromatic heterocycles. The highest BCUT2D eigenvalue weighted by Crippen LogP contribution is 2.20.